The zero-order valence-electron chi connectivity index (χ0n) is 28.8. The Balaban J connectivity index is 1.77. The van der Waals surface area contributed by atoms with Gasteiger partial charge in [-0.25, -0.2) is 0 Å². The van der Waals surface area contributed by atoms with E-state index in [-0.39, 0.29) is 10.8 Å². The van der Waals surface area contributed by atoms with E-state index < -0.39 is 8.07 Å². The highest BCUT2D eigenvalue weighted by Gasteiger charge is 2.56. The Morgan fingerprint density at radius 1 is 0.605 bits per heavy atom. The summed E-state index contributed by atoms with van der Waals surface area (Å²) < 4.78 is 0. The minimum atomic E-state index is -2.26. The molecule has 1 nitrogen and oxygen atoms in total. The fraction of sp³-hybridized carbons (Fsp3) is 0.463. The van der Waals surface area contributed by atoms with Gasteiger partial charge in [0.05, 0.1) is 8.07 Å². The number of rotatable bonds is 6. The van der Waals surface area contributed by atoms with Gasteiger partial charge in [-0.2, -0.15) is 0 Å². The summed E-state index contributed by atoms with van der Waals surface area (Å²) in [5.41, 5.74) is 11.0. The molecule has 5 unspecified atom stereocenters. The molecule has 0 aliphatic heterocycles. The van der Waals surface area contributed by atoms with Crippen LogP contribution < -0.4 is 5.19 Å². The van der Waals surface area contributed by atoms with Crippen molar-refractivity contribution in [1.29, 1.82) is 0 Å². The van der Waals surface area contributed by atoms with E-state index in [1.54, 1.807) is 11.1 Å². The summed E-state index contributed by atoms with van der Waals surface area (Å²) in [6.07, 6.45) is 0. The minimum Gasteiger partial charge on any atom is -0.508 e. The van der Waals surface area contributed by atoms with Crippen molar-refractivity contribution in [3.05, 3.63) is 117 Å². The molecule has 1 N–H and O–H groups in total. The first-order valence-electron chi connectivity index (χ1n) is 16.4. The maximum Gasteiger partial charge on any atom is 0.118 e. The fourth-order valence-electron chi connectivity index (χ4n) is 9.11. The third kappa shape index (κ3) is 4.89. The van der Waals surface area contributed by atoms with E-state index in [4.69, 9.17) is 0 Å². The number of phenols is 1. The van der Waals surface area contributed by atoms with Crippen molar-refractivity contribution in [2.75, 3.05) is 0 Å². The van der Waals surface area contributed by atoms with Gasteiger partial charge in [-0.15, -0.1) is 0 Å². The van der Waals surface area contributed by atoms with Gasteiger partial charge >= 0.3 is 0 Å². The van der Waals surface area contributed by atoms with Crippen molar-refractivity contribution >= 4 is 13.3 Å². The van der Waals surface area contributed by atoms with E-state index in [0.717, 1.165) is 5.56 Å². The molecule has 2 aliphatic rings. The predicted molar refractivity (Wildman–Crippen MR) is 188 cm³/mol. The Kier molecular flexibility index (Phi) is 8.04. The van der Waals surface area contributed by atoms with Crippen LogP contribution in [0, 0.1) is 23.7 Å². The van der Waals surface area contributed by atoms with E-state index >= 15 is 0 Å². The Labute approximate surface area is 263 Å². The smallest absolute Gasteiger partial charge is 0.118 e. The first-order chi connectivity index (χ1) is 20.0. The van der Waals surface area contributed by atoms with Crippen LogP contribution in [-0.2, 0) is 10.8 Å². The van der Waals surface area contributed by atoms with Crippen LogP contribution in [0.2, 0.25) is 18.6 Å². The first kappa shape index (κ1) is 31.6. The fourth-order valence-corrected chi connectivity index (χ4v) is 13.7. The minimum absolute atomic E-state index is 0.208. The Hall–Kier alpha value is -2.84. The highest BCUT2D eigenvalue weighted by atomic mass is 28.3. The monoisotopic (exact) mass is 590 g/mol. The van der Waals surface area contributed by atoms with Gasteiger partial charge in [0.2, 0.25) is 0 Å². The number of benzene rings is 3. The highest BCUT2D eigenvalue weighted by Crippen LogP contribution is 2.61. The summed E-state index contributed by atoms with van der Waals surface area (Å²) >= 11 is 0. The molecule has 0 heterocycles. The van der Waals surface area contributed by atoms with Crippen LogP contribution in [0.25, 0.3) is 0 Å². The van der Waals surface area contributed by atoms with Crippen LogP contribution in [0.1, 0.15) is 91.5 Å². The molecular weight excluding hydrogens is 537 g/mol. The molecule has 3 aromatic carbocycles. The van der Waals surface area contributed by atoms with Gasteiger partial charge in [0.15, 0.2) is 0 Å². The summed E-state index contributed by atoms with van der Waals surface area (Å²) in [7, 11) is -2.26. The molecular formula is C41H54OSi. The topological polar surface area (TPSA) is 20.2 Å². The Morgan fingerprint density at radius 3 is 1.58 bits per heavy atom. The molecule has 228 valence electrons. The van der Waals surface area contributed by atoms with Gasteiger partial charge < -0.3 is 5.11 Å². The summed E-state index contributed by atoms with van der Waals surface area (Å²) in [5.74, 6) is 2.84. The lowest BCUT2D eigenvalue weighted by Crippen LogP contribution is -2.51. The van der Waals surface area contributed by atoms with E-state index in [1.165, 1.54) is 33.0 Å². The summed E-state index contributed by atoms with van der Waals surface area (Å²) in [4.78, 5) is 0. The molecule has 0 radical (unpaired) electrons. The van der Waals surface area contributed by atoms with Gasteiger partial charge in [-0.05, 0) is 89.9 Å². The average Bonchev–Trinajstić information content (AvgIpc) is 3.26. The van der Waals surface area contributed by atoms with E-state index in [2.05, 4.69) is 155 Å². The van der Waals surface area contributed by atoms with Crippen molar-refractivity contribution in [2.45, 2.75) is 98.7 Å². The molecule has 5 rings (SSSR count). The summed E-state index contributed by atoms with van der Waals surface area (Å²) in [5, 5.41) is 13.7. The molecule has 0 bridgehead atoms. The number of phenolic OH excluding ortho intramolecular Hbond substituents is 1. The van der Waals surface area contributed by atoms with Crippen LogP contribution in [0.5, 0.6) is 5.75 Å². The lowest BCUT2D eigenvalue weighted by molar-refractivity contribution is 0.371. The van der Waals surface area contributed by atoms with Gasteiger partial charge in [0, 0.05) is 16.4 Å². The summed E-state index contributed by atoms with van der Waals surface area (Å²) in [6, 6.07) is 26.4. The second kappa shape index (κ2) is 10.9. The van der Waals surface area contributed by atoms with Gasteiger partial charge in [0.1, 0.15) is 5.75 Å². The zero-order valence-corrected chi connectivity index (χ0v) is 29.8. The molecule has 0 aromatic heterocycles. The molecule has 2 aliphatic carbocycles. The second-order valence-corrected chi connectivity index (χ2v) is 20.2. The van der Waals surface area contributed by atoms with Gasteiger partial charge in [-0.3, -0.25) is 0 Å². The van der Waals surface area contributed by atoms with Crippen LogP contribution in [0.15, 0.2) is 95.1 Å². The molecule has 0 amide bonds. The maximum atomic E-state index is 12.5. The summed E-state index contributed by atoms with van der Waals surface area (Å²) in [6.45, 7) is 28.8. The van der Waals surface area contributed by atoms with Crippen molar-refractivity contribution < 1.29 is 5.11 Å². The number of allylic oxidation sites excluding steroid dienone is 4. The van der Waals surface area contributed by atoms with Crippen LogP contribution in [-0.4, -0.2) is 13.2 Å². The van der Waals surface area contributed by atoms with Gasteiger partial charge in [-0.1, -0.05) is 139 Å². The van der Waals surface area contributed by atoms with Crippen LogP contribution in [0.4, 0.5) is 0 Å². The zero-order chi connectivity index (χ0) is 31.6. The lowest BCUT2D eigenvalue weighted by Gasteiger charge is -2.43. The number of hydrogen-bond donors (Lipinski definition) is 1. The number of hydrogen-bond acceptors (Lipinski definition) is 1. The SMILES string of the molecule is CC1=C(C)C2C(C)C(C)C([Si](C)(C)c3cc(C(C)(C)c4ccccc4)cc(C(C)(C)c4ccccc4)c3O)C2C(C)=C1C. The molecule has 1 saturated carbocycles. The quantitative estimate of drug-likeness (QED) is 0.283. The van der Waals surface area contributed by atoms with Crippen LogP contribution in [0.3, 0.4) is 0 Å². The molecule has 2 heteroatoms. The van der Waals surface area contributed by atoms with Gasteiger partial charge in [0.25, 0.3) is 0 Å². The number of fused-ring (bicyclic) bond motifs is 1. The third-order valence-electron chi connectivity index (χ3n) is 12.5. The average molecular weight is 591 g/mol. The van der Waals surface area contributed by atoms with E-state index in [9.17, 15) is 5.11 Å². The Morgan fingerprint density at radius 2 is 1.07 bits per heavy atom. The van der Waals surface area contributed by atoms with E-state index in [0.29, 0.717) is 35.0 Å². The van der Waals surface area contributed by atoms with Crippen molar-refractivity contribution in [2.24, 2.45) is 23.7 Å². The maximum absolute atomic E-state index is 12.5. The standard InChI is InChI=1S/C41H54OSi/c1-25-26(2)28(4)37-36(27(25)3)29(5)30(6)39(37)43(11,12)35-24-33(40(7,8)31-19-15-13-16-20-31)23-34(38(35)42)41(9,10)32-21-17-14-18-22-32/h13-24,29-30,36-37,39,42H,1-12H3. The molecule has 0 saturated heterocycles. The van der Waals surface area contributed by atoms with Crippen molar-refractivity contribution in [1.82, 2.24) is 0 Å². The third-order valence-corrected chi connectivity index (χ3v) is 16.8. The van der Waals surface area contributed by atoms with Crippen molar-refractivity contribution in [3.8, 4) is 5.75 Å². The number of aromatic hydroxyl groups is 1. The molecule has 43 heavy (non-hydrogen) atoms. The largest absolute Gasteiger partial charge is 0.508 e. The predicted octanol–water partition coefficient (Wildman–Crippen LogP) is 10.5. The Bertz CT molecular complexity index is 1570. The van der Waals surface area contributed by atoms with Crippen molar-refractivity contribution in [3.63, 3.8) is 0 Å². The first-order valence-corrected chi connectivity index (χ1v) is 19.5. The lowest BCUT2D eigenvalue weighted by atomic mass is 9.72. The normalized spacial score (nSPS) is 24.9. The molecule has 0 spiro atoms. The molecule has 3 aromatic rings. The molecule has 5 atom stereocenters. The molecule has 1 fully saturated rings. The van der Waals surface area contributed by atoms with E-state index in [1.807, 2.05) is 0 Å². The highest BCUT2D eigenvalue weighted by molar-refractivity contribution is 6.91. The second-order valence-electron chi connectivity index (χ2n) is 15.5. The van der Waals surface area contributed by atoms with Crippen LogP contribution >= 0.6 is 0 Å².